The van der Waals surface area contributed by atoms with E-state index in [0.29, 0.717) is 0 Å². The first kappa shape index (κ1) is 81.5. The van der Waals surface area contributed by atoms with Crippen molar-refractivity contribution in [3.63, 3.8) is 0 Å². The van der Waals surface area contributed by atoms with Crippen LogP contribution in [0.25, 0.3) is 0 Å². The molecule has 0 spiro atoms. The summed E-state index contributed by atoms with van der Waals surface area (Å²) in [7, 11) is 0. The van der Waals surface area contributed by atoms with E-state index in [1.807, 2.05) is 0 Å². The van der Waals surface area contributed by atoms with Gasteiger partial charge in [-0.1, -0.05) is 0 Å². The molecule has 0 nitrogen and oxygen atoms in total. The van der Waals surface area contributed by atoms with Gasteiger partial charge in [0.05, 0.1) is 0 Å². The summed E-state index contributed by atoms with van der Waals surface area (Å²) in [5, 5.41) is 0. The van der Waals surface area contributed by atoms with Gasteiger partial charge < -0.3 is 49.6 Å². The molecule has 0 heterocycles. The molecule has 1 radical (unpaired) electrons. The van der Waals surface area contributed by atoms with Crippen molar-refractivity contribution in [1.29, 1.82) is 0 Å². The monoisotopic (exact) mass is 267 g/mol. The van der Waals surface area contributed by atoms with E-state index in [1.54, 1.807) is 0 Å². The number of rotatable bonds is 0. The fourth-order valence-electron chi connectivity index (χ4n) is 0. The SMILES string of the molecule is [Br].[Cl-].[Cl-].[Cl-].[Cl-].[Ti+4]. The molecule has 0 saturated heterocycles. The molecular formula is BrCl4Ti. The predicted molar refractivity (Wildman–Crippen MR) is 8.93 cm³/mol. The predicted octanol–water partition coefficient (Wildman–Crippen LogP) is -11.1. The molecule has 0 aliphatic rings. The molecule has 0 aromatic heterocycles. The van der Waals surface area contributed by atoms with Crippen molar-refractivity contribution in [3.8, 4) is 0 Å². The van der Waals surface area contributed by atoms with Gasteiger partial charge in [-0.15, -0.1) is 0 Å². The van der Waals surface area contributed by atoms with Crippen molar-refractivity contribution in [1.82, 2.24) is 0 Å². The normalized spacial score (nSPS) is 0. The molecule has 6 heavy (non-hydrogen) atoms. The summed E-state index contributed by atoms with van der Waals surface area (Å²) in [6, 6.07) is 0. The summed E-state index contributed by atoms with van der Waals surface area (Å²) in [4.78, 5) is 0. The summed E-state index contributed by atoms with van der Waals surface area (Å²) >= 11 is 0. The second-order valence-electron chi connectivity index (χ2n) is 0. The van der Waals surface area contributed by atoms with Gasteiger partial charge in [0.15, 0.2) is 0 Å². The van der Waals surface area contributed by atoms with E-state index < -0.39 is 0 Å². The molecule has 0 amide bonds. The van der Waals surface area contributed by atoms with Gasteiger partial charge in [-0.3, -0.25) is 0 Å². The Bertz CT molecular complexity index is 7.51. The van der Waals surface area contributed by atoms with Crippen molar-refractivity contribution in [2.24, 2.45) is 0 Å². The van der Waals surface area contributed by atoms with Crippen LogP contribution in [-0.2, 0) is 21.7 Å². The van der Waals surface area contributed by atoms with Crippen molar-refractivity contribution < 1.29 is 71.3 Å². The van der Waals surface area contributed by atoms with Crippen LogP contribution in [0.3, 0.4) is 0 Å². The molecule has 0 unspecified atom stereocenters. The van der Waals surface area contributed by atoms with Crippen LogP contribution in [0.15, 0.2) is 0 Å². The molecule has 0 aromatic carbocycles. The van der Waals surface area contributed by atoms with Crippen molar-refractivity contribution in [2.75, 3.05) is 0 Å². The molecule has 0 aromatic rings. The first-order valence-corrected chi connectivity index (χ1v) is 0. The van der Waals surface area contributed by atoms with Gasteiger partial charge in [-0.25, -0.2) is 0 Å². The number of hydrogen-bond acceptors (Lipinski definition) is 0. The minimum Gasteiger partial charge on any atom is -1.00 e. The third-order valence-corrected chi connectivity index (χ3v) is 0. The Labute approximate surface area is 87.5 Å². The zero-order chi connectivity index (χ0) is 0. The molecule has 0 fully saturated rings. The average Bonchev–Trinajstić information content (AvgIpc) is 0. The van der Waals surface area contributed by atoms with Crippen LogP contribution in [0.5, 0.6) is 0 Å². The average molecular weight is 270 g/mol. The first-order valence-electron chi connectivity index (χ1n) is 0. The van der Waals surface area contributed by atoms with E-state index in [2.05, 4.69) is 0 Å². The molecule has 0 aliphatic heterocycles. The molecule has 39 valence electrons. The standard InChI is InChI=1S/Br.4ClH.Ti/h;4*1H;/q;;;;;+4/p-4. The molecule has 0 saturated carbocycles. The second kappa shape index (κ2) is 53.6. The zero-order valence-electron chi connectivity index (χ0n) is 2.39. The van der Waals surface area contributed by atoms with Crippen LogP contribution in [0, 0.1) is 0 Å². The Hall–Kier alpha value is 2.35. The molecule has 0 rings (SSSR count). The Morgan fingerprint density at radius 2 is 0.500 bits per heavy atom. The second-order valence-corrected chi connectivity index (χ2v) is 0. The van der Waals surface area contributed by atoms with Crippen LogP contribution in [0.1, 0.15) is 0 Å². The molecule has 0 atom stereocenters. The number of hydrogen-bond donors (Lipinski definition) is 0. The Kier molecular flexibility index (Phi) is 728. The fraction of sp³-hybridized carbons (Fsp3) is 0. The van der Waals surface area contributed by atoms with Crippen molar-refractivity contribution in [2.45, 2.75) is 0 Å². The molecule has 0 N–H and O–H groups in total. The molecule has 6 heteroatoms. The van der Waals surface area contributed by atoms with Gasteiger partial charge in [0.25, 0.3) is 0 Å². The van der Waals surface area contributed by atoms with E-state index in [4.69, 9.17) is 0 Å². The van der Waals surface area contributed by atoms with Crippen LogP contribution in [0.4, 0.5) is 0 Å². The van der Waals surface area contributed by atoms with Crippen LogP contribution in [-0.4, -0.2) is 0 Å². The third kappa shape index (κ3) is 32.9. The zero-order valence-corrected chi connectivity index (χ0v) is 8.56. The smallest absolute Gasteiger partial charge is 1.00 e. The van der Waals surface area contributed by atoms with E-state index in [0.717, 1.165) is 0 Å². The van der Waals surface area contributed by atoms with E-state index >= 15 is 0 Å². The maximum Gasteiger partial charge on any atom is 4.00 e. The summed E-state index contributed by atoms with van der Waals surface area (Å²) in [6.07, 6.45) is 0. The van der Waals surface area contributed by atoms with Crippen LogP contribution in [0.2, 0.25) is 0 Å². The van der Waals surface area contributed by atoms with E-state index in [-0.39, 0.29) is 88.3 Å². The van der Waals surface area contributed by atoms with E-state index in [1.165, 1.54) is 0 Å². The van der Waals surface area contributed by atoms with Crippen molar-refractivity contribution in [3.05, 3.63) is 0 Å². The van der Waals surface area contributed by atoms with Crippen molar-refractivity contribution >= 4 is 17.0 Å². The number of halogens is 5. The van der Waals surface area contributed by atoms with Gasteiger partial charge in [-0.05, 0) is 0 Å². The minimum atomic E-state index is 0. The van der Waals surface area contributed by atoms with Crippen LogP contribution >= 0.6 is 17.0 Å². The molecule has 0 bridgehead atoms. The van der Waals surface area contributed by atoms with Crippen LogP contribution < -0.4 is 49.6 Å². The Balaban J connectivity index is 0. The van der Waals surface area contributed by atoms with Gasteiger partial charge >= 0.3 is 21.7 Å². The summed E-state index contributed by atoms with van der Waals surface area (Å²) in [5.74, 6) is 0. The summed E-state index contributed by atoms with van der Waals surface area (Å²) in [6.45, 7) is 0. The molecule has 0 aliphatic carbocycles. The van der Waals surface area contributed by atoms with Gasteiger partial charge in [0.1, 0.15) is 0 Å². The Morgan fingerprint density at radius 1 is 0.500 bits per heavy atom. The minimum absolute atomic E-state index is 0. The Morgan fingerprint density at radius 3 is 0.500 bits per heavy atom. The summed E-state index contributed by atoms with van der Waals surface area (Å²) < 4.78 is 0. The third-order valence-electron chi connectivity index (χ3n) is 0. The van der Waals surface area contributed by atoms with Gasteiger partial charge in [-0.2, -0.15) is 0 Å². The summed E-state index contributed by atoms with van der Waals surface area (Å²) in [5.41, 5.74) is 0. The maximum atomic E-state index is 0. The molecular weight excluding hydrogens is 270 g/mol. The fourth-order valence-corrected chi connectivity index (χ4v) is 0. The van der Waals surface area contributed by atoms with E-state index in [9.17, 15) is 0 Å². The van der Waals surface area contributed by atoms with Gasteiger partial charge in [0.2, 0.25) is 0 Å². The largest absolute Gasteiger partial charge is 4.00 e. The first-order chi connectivity index (χ1) is 0. The maximum absolute atomic E-state index is 0. The quantitative estimate of drug-likeness (QED) is 0.383. The van der Waals surface area contributed by atoms with Gasteiger partial charge in [0, 0.05) is 17.0 Å². The topological polar surface area (TPSA) is 0 Å².